The van der Waals surface area contributed by atoms with Crippen LogP contribution in [0.4, 0.5) is 0 Å². The second-order valence-corrected chi connectivity index (χ2v) is 4.79. The van der Waals surface area contributed by atoms with Gasteiger partial charge in [-0.25, -0.2) is 0 Å². The molecule has 1 aliphatic rings. The van der Waals surface area contributed by atoms with E-state index in [0.29, 0.717) is 18.0 Å². The van der Waals surface area contributed by atoms with E-state index >= 15 is 0 Å². The minimum Gasteiger partial charge on any atom is -0.338 e. The number of likely N-dealkylation sites (tertiary alicyclic amines) is 1. The predicted molar refractivity (Wildman–Crippen MR) is 68.9 cm³/mol. The molecule has 0 bridgehead atoms. The highest BCUT2D eigenvalue weighted by molar-refractivity contribution is 6.31. The zero-order chi connectivity index (χ0) is 12.3. The topological polar surface area (TPSA) is 46.3 Å². The SMILES string of the molecule is NCC1CCCN1C(=O)Cc1ccccc1Cl. The zero-order valence-electron chi connectivity index (χ0n) is 9.73. The van der Waals surface area contributed by atoms with E-state index in [2.05, 4.69) is 0 Å². The number of nitrogens with zero attached hydrogens (tertiary/aromatic N) is 1. The first-order valence-electron chi connectivity index (χ1n) is 5.95. The van der Waals surface area contributed by atoms with E-state index in [0.717, 1.165) is 24.9 Å². The minimum atomic E-state index is 0.131. The molecule has 0 aliphatic carbocycles. The van der Waals surface area contributed by atoms with Crippen LogP contribution in [0.3, 0.4) is 0 Å². The molecule has 1 unspecified atom stereocenters. The third kappa shape index (κ3) is 2.79. The highest BCUT2D eigenvalue weighted by Crippen LogP contribution is 2.20. The maximum Gasteiger partial charge on any atom is 0.227 e. The Hall–Kier alpha value is -1.06. The van der Waals surface area contributed by atoms with Crippen LogP contribution in [0.5, 0.6) is 0 Å². The molecule has 17 heavy (non-hydrogen) atoms. The second-order valence-electron chi connectivity index (χ2n) is 4.39. The van der Waals surface area contributed by atoms with Crippen molar-refractivity contribution in [2.75, 3.05) is 13.1 Å². The van der Waals surface area contributed by atoms with Crippen LogP contribution in [-0.4, -0.2) is 29.9 Å². The van der Waals surface area contributed by atoms with Crippen LogP contribution in [0.2, 0.25) is 5.02 Å². The first kappa shape index (κ1) is 12.4. The van der Waals surface area contributed by atoms with Gasteiger partial charge in [0.15, 0.2) is 0 Å². The summed E-state index contributed by atoms with van der Waals surface area (Å²) in [5, 5.41) is 0.657. The smallest absolute Gasteiger partial charge is 0.227 e. The van der Waals surface area contributed by atoms with Crippen LogP contribution in [-0.2, 0) is 11.2 Å². The molecule has 1 aromatic carbocycles. The van der Waals surface area contributed by atoms with Crippen molar-refractivity contribution < 1.29 is 4.79 Å². The highest BCUT2D eigenvalue weighted by atomic mass is 35.5. The summed E-state index contributed by atoms with van der Waals surface area (Å²) in [4.78, 5) is 14.0. The third-order valence-corrected chi connectivity index (χ3v) is 3.64. The lowest BCUT2D eigenvalue weighted by Crippen LogP contribution is -2.40. The molecule has 0 saturated carbocycles. The largest absolute Gasteiger partial charge is 0.338 e. The van der Waals surface area contributed by atoms with Gasteiger partial charge in [-0.1, -0.05) is 29.8 Å². The summed E-state index contributed by atoms with van der Waals surface area (Å²) in [5.41, 5.74) is 6.56. The van der Waals surface area contributed by atoms with E-state index in [1.54, 1.807) is 0 Å². The van der Waals surface area contributed by atoms with Crippen LogP contribution in [0.1, 0.15) is 18.4 Å². The average molecular weight is 253 g/mol. The van der Waals surface area contributed by atoms with Gasteiger partial charge in [-0.2, -0.15) is 0 Å². The van der Waals surface area contributed by atoms with Crippen LogP contribution < -0.4 is 5.73 Å². The monoisotopic (exact) mass is 252 g/mol. The van der Waals surface area contributed by atoms with Gasteiger partial charge in [0.2, 0.25) is 5.91 Å². The molecule has 0 aromatic heterocycles. The van der Waals surface area contributed by atoms with E-state index in [9.17, 15) is 4.79 Å². The number of carbonyl (C=O) groups is 1. The Morgan fingerprint density at radius 2 is 2.24 bits per heavy atom. The lowest BCUT2D eigenvalue weighted by atomic mass is 10.1. The summed E-state index contributed by atoms with van der Waals surface area (Å²) >= 11 is 6.05. The van der Waals surface area contributed by atoms with Gasteiger partial charge in [0.1, 0.15) is 0 Å². The molecule has 92 valence electrons. The highest BCUT2D eigenvalue weighted by Gasteiger charge is 2.27. The van der Waals surface area contributed by atoms with Crippen molar-refractivity contribution in [1.82, 2.24) is 4.90 Å². The number of hydrogen-bond donors (Lipinski definition) is 1. The number of benzene rings is 1. The van der Waals surface area contributed by atoms with Crippen LogP contribution >= 0.6 is 11.6 Å². The van der Waals surface area contributed by atoms with Gasteiger partial charge in [0.05, 0.1) is 6.42 Å². The molecule has 1 saturated heterocycles. The van der Waals surface area contributed by atoms with Crippen LogP contribution in [0.25, 0.3) is 0 Å². The molecule has 2 N–H and O–H groups in total. The summed E-state index contributed by atoms with van der Waals surface area (Å²) in [6.07, 6.45) is 2.44. The Balaban J connectivity index is 2.04. The fourth-order valence-electron chi connectivity index (χ4n) is 2.32. The van der Waals surface area contributed by atoms with Crippen molar-refractivity contribution in [2.45, 2.75) is 25.3 Å². The van der Waals surface area contributed by atoms with Crippen LogP contribution in [0.15, 0.2) is 24.3 Å². The maximum atomic E-state index is 12.1. The van der Waals surface area contributed by atoms with Gasteiger partial charge >= 0.3 is 0 Å². The Morgan fingerprint density at radius 3 is 2.94 bits per heavy atom. The molecule has 1 aromatic rings. The van der Waals surface area contributed by atoms with E-state index < -0.39 is 0 Å². The fraction of sp³-hybridized carbons (Fsp3) is 0.462. The summed E-state index contributed by atoms with van der Waals surface area (Å²) < 4.78 is 0. The molecule has 1 atom stereocenters. The number of hydrogen-bond acceptors (Lipinski definition) is 2. The quantitative estimate of drug-likeness (QED) is 0.892. The molecular formula is C13H17ClN2O. The van der Waals surface area contributed by atoms with Crippen molar-refractivity contribution in [3.8, 4) is 0 Å². The normalized spacial score (nSPS) is 19.6. The molecule has 1 aliphatic heterocycles. The van der Waals surface area contributed by atoms with Crippen molar-refractivity contribution >= 4 is 17.5 Å². The van der Waals surface area contributed by atoms with Crippen LogP contribution in [0, 0.1) is 0 Å². The van der Waals surface area contributed by atoms with E-state index in [4.69, 9.17) is 17.3 Å². The first-order chi connectivity index (χ1) is 8.22. The lowest BCUT2D eigenvalue weighted by molar-refractivity contribution is -0.131. The standard InChI is InChI=1S/C13H17ClN2O/c14-12-6-2-1-4-10(12)8-13(17)16-7-3-5-11(16)9-15/h1-2,4,6,11H,3,5,7-9,15H2. The second kappa shape index (κ2) is 5.52. The number of rotatable bonds is 3. The molecule has 0 spiro atoms. The Kier molecular flexibility index (Phi) is 4.02. The van der Waals surface area contributed by atoms with Crippen molar-refractivity contribution in [1.29, 1.82) is 0 Å². The Labute approximate surface area is 107 Å². The average Bonchev–Trinajstić information content (AvgIpc) is 2.80. The van der Waals surface area contributed by atoms with Crippen molar-refractivity contribution in [3.63, 3.8) is 0 Å². The predicted octanol–water partition coefficient (Wildman–Crippen LogP) is 1.83. The van der Waals surface area contributed by atoms with E-state index in [-0.39, 0.29) is 11.9 Å². The molecule has 1 heterocycles. The van der Waals surface area contributed by atoms with Gasteiger partial charge in [0.25, 0.3) is 0 Å². The van der Waals surface area contributed by atoms with Gasteiger partial charge in [-0.05, 0) is 24.5 Å². The Morgan fingerprint density at radius 1 is 1.47 bits per heavy atom. The van der Waals surface area contributed by atoms with Gasteiger partial charge in [-0.3, -0.25) is 4.79 Å². The number of nitrogens with two attached hydrogens (primary N) is 1. The fourth-order valence-corrected chi connectivity index (χ4v) is 2.52. The molecule has 1 fully saturated rings. The molecule has 4 heteroatoms. The van der Waals surface area contributed by atoms with Crippen molar-refractivity contribution in [2.24, 2.45) is 5.73 Å². The third-order valence-electron chi connectivity index (χ3n) is 3.27. The number of carbonyl (C=O) groups excluding carboxylic acids is 1. The van der Waals surface area contributed by atoms with Gasteiger partial charge < -0.3 is 10.6 Å². The zero-order valence-corrected chi connectivity index (χ0v) is 10.5. The summed E-state index contributed by atoms with van der Waals surface area (Å²) in [6, 6.07) is 7.70. The summed E-state index contributed by atoms with van der Waals surface area (Å²) in [6.45, 7) is 1.37. The maximum absolute atomic E-state index is 12.1. The lowest BCUT2D eigenvalue weighted by Gasteiger charge is -2.23. The molecule has 1 amide bonds. The van der Waals surface area contributed by atoms with E-state index in [1.807, 2.05) is 29.2 Å². The number of amides is 1. The molecule has 0 radical (unpaired) electrons. The molecular weight excluding hydrogens is 236 g/mol. The minimum absolute atomic E-state index is 0.131. The van der Waals surface area contributed by atoms with E-state index in [1.165, 1.54) is 0 Å². The molecule has 2 rings (SSSR count). The first-order valence-corrected chi connectivity index (χ1v) is 6.33. The molecule has 3 nitrogen and oxygen atoms in total. The van der Waals surface area contributed by atoms with Crippen molar-refractivity contribution in [3.05, 3.63) is 34.9 Å². The Bertz CT molecular complexity index is 408. The van der Waals surface area contributed by atoms with Gasteiger partial charge in [-0.15, -0.1) is 0 Å². The summed E-state index contributed by atoms with van der Waals surface area (Å²) in [7, 11) is 0. The summed E-state index contributed by atoms with van der Waals surface area (Å²) in [5.74, 6) is 0.131. The number of halogens is 1. The van der Waals surface area contributed by atoms with Gasteiger partial charge in [0, 0.05) is 24.2 Å².